The van der Waals surface area contributed by atoms with Gasteiger partial charge in [0.05, 0.1) is 6.10 Å². The fourth-order valence-electron chi connectivity index (χ4n) is 2.31. The molecule has 0 spiro atoms. The van der Waals surface area contributed by atoms with Gasteiger partial charge in [0, 0.05) is 37.0 Å². The molecule has 1 aromatic carbocycles. The molecule has 1 aromatic heterocycles. The van der Waals surface area contributed by atoms with Crippen molar-refractivity contribution < 1.29 is 14.7 Å². The predicted octanol–water partition coefficient (Wildman–Crippen LogP) is 2.28. The maximum Gasteiger partial charge on any atom is 0.252 e. The summed E-state index contributed by atoms with van der Waals surface area (Å²) in [6.07, 6.45) is -0.395. The molecule has 6 heteroatoms. The molecule has 0 radical (unpaired) electrons. The van der Waals surface area contributed by atoms with Crippen molar-refractivity contribution in [2.75, 3.05) is 13.1 Å². The summed E-state index contributed by atoms with van der Waals surface area (Å²) in [6, 6.07) is 11.4. The van der Waals surface area contributed by atoms with Gasteiger partial charge in [-0.15, -0.1) is 0 Å². The molecule has 0 aliphatic carbocycles. The molecular weight excluding hydrogens is 324 g/mol. The van der Waals surface area contributed by atoms with Crippen molar-refractivity contribution in [1.29, 1.82) is 0 Å². The van der Waals surface area contributed by atoms with E-state index in [9.17, 15) is 14.7 Å². The molecular formula is C18H22N2O3S. The molecule has 2 rings (SSSR count). The average Bonchev–Trinajstić information content (AvgIpc) is 3.09. The van der Waals surface area contributed by atoms with E-state index < -0.39 is 6.10 Å². The van der Waals surface area contributed by atoms with Crippen LogP contribution in [0.15, 0.2) is 47.2 Å². The number of carbonyl (C=O) groups excluding carboxylic acids is 2. The quantitative estimate of drug-likeness (QED) is 0.770. The van der Waals surface area contributed by atoms with Crippen LogP contribution >= 0.6 is 11.3 Å². The van der Waals surface area contributed by atoms with Crippen LogP contribution in [0.25, 0.3) is 0 Å². The predicted molar refractivity (Wildman–Crippen MR) is 94.8 cm³/mol. The van der Waals surface area contributed by atoms with Gasteiger partial charge in [0.1, 0.15) is 0 Å². The summed E-state index contributed by atoms with van der Waals surface area (Å²) in [6.45, 7) is 2.65. The molecule has 0 bridgehead atoms. The zero-order valence-corrected chi connectivity index (χ0v) is 14.5. The van der Waals surface area contributed by atoms with Crippen molar-refractivity contribution in [1.82, 2.24) is 10.2 Å². The molecule has 1 unspecified atom stereocenters. The van der Waals surface area contributed by atoms with E-state index in [0.717, 1.165) is 5.56 Å². The number of amides is 2. The van der Waals surface area contributed by atoms with Gasteiger partial charge in [0.2, 0.25) is 5.91 Å². The van der Waals surface area contributed by atoms with Gasteiger partial charge in [0.25, 0.3) is 5.91 Å². The van der Waals surface area contributed by atoms with Crippen LogP contribution in [0.5, 0.6) is 0 Å². The van der Waals surface area contributed by atoms with Crippen LogP contribution in [-0.4, -0.2) is 41.0 Å². The van der Waals surface area contributed by atoms with Crippen LogP contribution in [-0.2, 0) is 11.3 Å². The minimum atomic E-state index is -0.599. The maximum absolute atomic E-state index is 12.4. The second-order valence-electron chi connectivity index (χ2n) is 5.63. The van der Waals surface area contributed by atoms with E-state index in [0.29, 0.717) is 12.1 Å². The molecule has 0 aliphatic heterocycles. The molecule has 0 saturated carbocycles. The lowest BCUT2D eigenvalue weighted by Crippen LogP contribution is -2.38. The van der Waals surface area contributed by atoms with Crippen LogP contribution in [0.4, 0.5) is 0 Å². The highest BCUT2D eigenvalue weighted by molar-refractivity contribution is 7.08. The first-order valence-electron chi connectivity index (χ1n) is 7.86. The summed E-state index contributed by atoms with van der Waals surface area (Å²) in [7, 11) is 0. The normalized spacial score (nSPS) is 11.8. The van der Waals surface area contributed by atoms with Crippen molar-refractivity contribution in [3.8, 4) is 0 Å². The Bertz CT molecular complexity index is 642. The Morgan fingerprint density at radius 1 is 1.25 bits per heavy atom. The molecule has 1 heterocycles. The van der Waals surface area contributed by atoms with Gasteiger partial charge < -0.3 is 15.3 Å². The molecule has 0 fully saturated rings. The summed E-state index contributed by atoms with van der Waals surface area (Å²) in [5, 5.41) is 16.0. The standard InChI is InChI=1S/C18H22N2O3S/c1-14(21)11-20(12-15-5-3-2-4-6-15)17(22)7-9-19-18(23)16-8-10-24-13-16/h2-6,8,10,13-14,21H,7,9,11-12H2,1H3,(H,19,23). The summed E-state index contributed by atoms with van der Waals surface area (Å²) < 4.78 is 0. The van der Waals surface area contributed by atoms with Crippen LogP contribution in [0.3, 0.4) is 0 Å². The number of carbonyl (C=O) groups is 2. The van der Waals surface area contributed by atoms with Gasteiger partial charge in [-0.05, 0) is 23.9 Å². The Labute approximate surface area is 145 Å². The zero-order valence-electron chi connectivity index (χ0n) is 13.6. The van der Waals surface area contributed by atoms with Gasteiger partial charge in [-0.3, -0.25) is 9.59 Å². The molecule has 24 heavy (non-hydrogen) atoms. The number of nitrogens with one attached hydrogen (secondary N) is 1. The Balaban J connectivity index is 1.86. The second-order valence-corrected chi connectivity index (χ2v) is 6.41. The lowest BCUT2D eigenvalue weighted by Gasteiger charge is -2.24. The number of hydrogen-bond acceptors (Lipinski definition) is 4. The zero-order chi connectivity index (χ0) is 17.4. The van der Waals surface area contributed by atoms with Crippen molar-refractivity contribution in [3.05, 3.63) is 58.3 Å². The SMILES string of the molecule is CC(O)CN(Cc1ccccc1)C(=O)CCNC(=O)c1ccsc1. The van der Waals surface area contributed by atoms with Gasteiger partial charge in [-0.25, -0.2) is 0 Å². The van der Waals surface area contributed by atoms with Crippen LogP contribution in [0, 0.1) is 0 Å². The molecule has 0 saturated heterocycles. The number of thiophene rings is 1. The Kier molecular flexibility index (Phi) is 6.96. The molecule has 2 amide bonds. The third-order valence-electron chi connectivity index (χ3n) is 3.46. The fourth-order valence-corrected chi connectivity index (χ4v) is 2.95. The van der Waals surface area contributed by atoms with Crippen molar-refractivity contribution in [2.24, 2.45) is 0 Å². The summed E-state index contributed by atoms with van der Waals surface area (Å²) in [5.74, 6) is -0.264. The largest absolute Gasteiger partial charge is 0.392 e. The minimum absolute atomic E-state index is 0.0922. The van der Waals surface area contributed by atoms with E-state index in [1.807, 2.05) is 35.7 Å². The molecule has 5 nitrogen and oxygen atoms in total. The van der Waals surface area contributed by atoms with Gasteiger partial charge >= 0.3 is 0 Å². The van der Waals surface area contributed by atoms with Crippen molar-refractivity contribution in [2.45, 2.75) is 26.0 Å². The van der Waals surface area contributed by atoms with E-state index in [1.165, 1.54) is 11.3 Å². The highest BCUT2D eigenvalue weighted by Gasteiger charge is 2.16. The first-order valence-corrected chi connectivity index (χ1v) is 8.80. The minimum Gasteiger partial charge on any atom is -0.392 e. The van der Waals surface area contributed by atoms with Crippen LogP contribution in [0.2, 0.25) is 0 Å². The van der Waals surface area contributed by atoms with Crippen LogP contribution in [0.1, 0.15) is 29.3 Å². The first kappa shape index (κ1) is 18.2. The third-order valence-corrected chi connectivity index (χ3v) is 4.14. The Hall–Kier alpha value is -2.18. The van der Waals surface area contributed by atoms with Crippen LogP contribution < -0.4 is 5.32 Å². The summed E-state index contributed by atoms with van der Waals surface area (Å²) in [4.78, 5) is 25.9. The van der Waals surface area contributed by atoms with E-state index in [1.54, 1.807) is 23.3 Å². The van der Waals surface area contributed by atoms with Gasteiger partial charge in [0.15, 0.2) is 0 Å². The second kappa shape index (κ2) is 9.20. The van der Waals surface area contributed by atoms with Gasteiger partial charge in [-0.2, -0.15) is 11.3 Å². The van der Waals surface area contributed by atoms with E-state index in [2.05, 4.69) is 5.32 Å². The topological polar surface area (TPSA) is 69.6 Å². The highest BCUT2D eigenvalue weighted by atomic mass is 32.1. The first-order chi connectivity index (χ1) is 11.6. The molecule has 2 aromatic rings. The monoisotopic (exact) mass is 346 g/mol. The van der Waals surface area contributed by atoms with Gasteiger partial charge in [-0.1, -0.05) is 30.3 Å². The number of hydrogen-bond donors (Lipinski definition) is 2. The molecule has 128 valence electrons. The number of benzene rings is 1. The lowest BCUT2D eigenvalue weighted by atomic mass is 10.2. The van der Waals surface area contributed by atoms with E-state index in [4.69, 9.17) is 0 Å². The maximum atomic E-state index is 12.4. The van der Waals surface area contributed by atoms with E-state index in [-0.39, 0.29) is 31.3 Å². The Morgan fingerprint density at radius 2 is 2.00 bits per heavy atom. The summed E-state index contributed by atoms with van der Waals surface area (Å²) in [5.41, 5.74) is 1.62. The molecule has 1 atom stereocenters. The number of aliphatic hydroxyl groups is 1. The summed E-state index contributed by atoms with van der Waals surface area (Å²) >= 11 is 1.46. The Morgan fingerprint density at radius 3 is 2.62 bits per heavy atom. The fraction of sp³-hybridized carbons (Fsp3) is 0.333. The van der Waals surface area contributed by atoms with Crippen molar-refractivity contribution in [3.63, 3.8) is 0 Å². The third kappa shape index (κ3) is 5.79. The number of rotatable bonds is 8. The lowest BCUT2D eigenvalue weighted by molar-refractivity contribution is -0.133. The van der Waals surface area contributed by atoms with E-state index >= 15 is 0 Å². The average molecular weight is 346 g/mol. The molecule has 2 N–H and O–H groups in total. The number of aliphatic hydroxyl groups excluding tert-OH is 1. The molecule has 0 aliphatic rings. The number of nitrogens with zero attached hydrogens (tertiary/aromatic N) is 1. The smallest absolute Gasteiger partial charge is 0.252 e. The highest BCUT2D eigenvalue weighted by Crippen LogP contribution is 2.08. The van der Waals surface area contributed by atoms with Crippen molar-refractivity contribution >= 4 is 23.2 Å².